The number of hydrogen-bond donors (Lipinski definition) is 1. The Balaban J connectivity index is 0.00000180. The lowest BCUT2D eigenvalue weighted by Gasteiger charge is -2.23. The van der Waals surface area contributed by atoms with Crippen LogP contribution in [-0.4, -0.2) is 36.6 Å². The first kappa shape index (κ1) is 16.0. The Labute approximate surface area is 119 Å². The van der Waals surface area contributed by atoms with Crippen LogP contribution in [0.3, 0.4) is 0 Å². The molecule has 2 heterocycles. The van der Waals surface area contributed by atoms with Crippen molar-refractivity contribution in [3.8, 4) is 0 Å². The van der Waals surface area contributed by atoms with Crippen molar-refractivity contribution >= 4 is 18.3 Å². The van der Waals surface area contributed by atoms with Crippen LogP contribution >= 0.6 is 12.4 Å². The van der Waals surface area contributed by atoms with Crippen molar-refractivity contribution in [3.63, 3.8) is 0 Å². The van der Waals surface area contributed by atoms with Crippen molar-refractivity contribution in [2.24, 2.45) is 5.73 Å². The van der Waals surface area contributed by atoms with Gasteiger partial charge in [-0.05, 0) is 25.8 Å². The normalized spacial score (nSPS) is 18.1. The van der Waals surface area contributed by atoms with E-state index in [4.69, 9.17) is 14.9 Å². The van der Waals surface area contributed by atoms with Crippen LogP contribution in [0.15, 0.2) is 16.7 Å². The minimum absolute atomic E-state index is 0. The summed E-state index contributed by atoms with van der Waals surface area (Å²) in [4.78, 5) is 14.1. The number of carbonyl (C=O) groups is 1. The summed E-state index contributed by atoms with van der Waals surface area (Å²) in [7, 11) is 0. The van der Waals surface area contributed by atoms with Gasteiger partial charge in [0.15, 0.2) is 0 Å². The summed E-state index contributed by atoms with van der Waals surface area (Å²) >= 11 is 0. The monoisotopic (exact) mass is 288 g/mol. The number of likely N-dealkylation sites (N-methyl/N-ethyl adjacent to an activating group) is 1. The Morgan fingerprint density at radius 3 is 2.89 bits per heavy atom. The van der Waals surface area contributed by atoms with Crippen LogP contribution in [0.25, 0.3) is 0 Å². The zero-order valence-corrected chi connectivity index (χ0v) is 11.9. The van der Waals surface area contributed by atoms with Gasteiger partial charge in [0.25, 0.3) is 5.91 Å². The van der Waals surface area contributed by atoms with Gasteiger partial charge in [0.2, 0.25) is 0 Å². The molecule has 1 aromatic heterocycles. The van der Waals surface area contributed by atoms with Crippen LogP contribution in [0.4, 0.5) is 0 Å². The molecule has 0 spiro atoms. The minimum Gasteiger partial charge on any atom is -0.467 e. The van der Waals surface area contributed by atoms with Gasteiger partial charge in [-0.15, -0.1) is 12.4 Å². The number of rotatable bonds is 5. The number of nitrogens with zero attached hydrogens (tertiary/aromatic N) is 1. The van der Waals surface area contributed by atoms with Crippen LogP contribution in [0.1, 0.15) is 35.9 Å². The number of amides is 1. The van der Waals surface area contributed by atoms with Gasteiger partial charge in [-0.3, -0.25) is 4.79 Å². The van der Waals surface area contributed by atoms with E-state index in [2.05, 4.69) is 0 Å². The number of halogens is 1. The maximum absolute atomic E-state index is 12.3. The van der Waals surface area contributed by atoms with E-state index in [0.29, 0.717) is 31.0 Å². The van der Waals surface area contributed by atoms with Gasteiger partial charge in [0.05, 0.1) is 18.2 Å². The van der Waals surface area contributed by atoms with E-state index in [1.807, 2.05) is 6.92 Å². The quantitative estimate of drug-likeness (QED) is 0.897. The molecule has 1 aliphatic heterocycles. The first-order valence-electron chi connectivity index (χ1n) is 6.43. The van der Waals surface area contributed by atoms with Gasteiger partial charge in [0.1, 0.15) is 12.0 Å². The molecule has 0 saturated carbocycles. The van der Waals surface area contributed by atoms with E-state index in [1.54, 1.807) is 11.0 Å². The molecule has 2 N–H and O–H groups in total. The smallest absolute Gasteiger partial charge is 0.257 e. The van der Waals surface area contributed by atoms with Crippen LogP contribution in [0.2, 0.25) is 0 Å². The fourth-order valence-corrected chi connectivity index (χ4v) is 2.17. The van der Waals surface area contributed by atoms with Crippen molar-refractivity contribution in [2.75, 3.05) is 19.7 Å². The second-order valence-corrected chi connectivity index (χ2v) is 4.48. The Hall–Kier alpha value is -1.04. The van der Waals surface area contributed by atoms with Gasteiger partial charge in [-0.1, -0.05) is 0 Å². The molecule has 5 nitrogen and oxygen atoms in total. The summed E-state index contributed by atoms with van der Waals surface area (Å²) in [6, 6.07) is 1.71. The summed E-state index contributed by atoms with van der Waals surface area (Å²) < 4.78 is 10.8. The Morgan fingerprint density at radius 1 is 1.58 bits per heavy atom. The van der Waals surface area contributed by atoms with E-state index >= 15 is 0 Å². The Bertz CT molecular complexity index is 402. The fraction of sp³-hybridized carbons (Fsp3) is 0.615. The van der Waals surface area contributed by atoms with Crippen LogP contribution < -0.4 is 5.73 Å². The highest BCUT2D eigenvalue weighted by molar-refractivity contribution is 5.94. The average Bonchev–Trinajstić information content (AvgIpc) is 3.06. The standard InChI is InChI=1S/C13H20N2O3.ClH/c1-2-15(8-11-4-3-5-17-11)13(16)10-6-12(7-14)18-9-10;/h6,9,11H,2-5,7-8,14H2,1H3;1H. The predicted molar refractivity (Wildman–Crippen MR) is 74.4 cm³/mol. The zero-order valence-electron chi connectivity index (χ0n) is 11.1. The van der Waals surface area contributed by atoms with Gasteiger partial charge < -0.3 is 19.8 Å². The van der Waals surface area contributed by atoms with Gasteiger partial charge in [0, 0.05) is 19.7 Å². The van der Waals surface area contributed by atoms with Crippen molar-refractivity contribution in [1.29, 1.82) is 0 Å². The highest BCUT2D eigenvalue weighted by Crippen LogP contribution is 2.16. The van der Waals surface area contributed by atoms with Gasteiger partial charge in [-0.25, -0.2) is 0 Å². The summed E-state index contributed by atoms with van der Waals surface area (Å²) in [5, 5.41) is 0. The van der Waals surface area contributed by atoms with Crippen LogP contribution in [0.5, 0.6) is 0 Å². The van der Waals surface area contributed by atoms with Crippen molar-refractivity contribution in [3.05, 3.63) is 23.7 Å². The van der Waals surface area contributed by atoms with Crippen molar-refractivity contribution < 1.29 is 13.9 Å². The molecule has 1 amide bonds. The largest absolute Gasteiger partial charge is 0.467 e. The molecule has 1 aliphatic rings. The number of nitrogens with two attached hydrogens (primary N) is 1. The van der Waals surface area contributed by atoms with Gasteiger partial charge in [-0.2, -0.15) is 0 Å². The molecular formula is C13H21ClN2O3. The molecular weight excluding hydrogens is 268 g/mol. The molecule has 1 fully saturated rings. The highest BCUT2D eigenvalue weighted by Gasteiger charge is 2.23. The molecule has 6 heteroatoms. The number of furan rings is 1. The predicted octanol–water partition coefficient (Wildman–Crippen LogP) is 1.80. The van der Waals surface area contributed by atoms with Crippen LogP contribution in [0, 0.1) is 0 Å². The van der Waals surface area contributed by atoms with E-state index in [0.717, 1.165) is 19.4 Å². The lowest BCUT2D eigenvalue weighted by molar-refractivity contribution is 0.0538. The zero-order chi connectivity index (χ0) is 13.0. The molecule has 0 aromatic carbocycles. The number of carbonyl (C=O) groups excluding carboxylic acids is 1. The third-order valence-electron chi connectivity index (χ3n) is 3.22. The molecule has 2 rings (SSSR count). The van der Waals surface area contributed by atoms with E-state index in [-0.39, 0.29) is 24.4 Å². The topological polar surface area (TPSA) is 68.7 Å². The Kier molecular flexibility index (Phi) is 6.34. The molecule has 19 heavy (non-hydrogen) atoms. The third kappa shape index (κ3) is 3.96. The van der Waals surface area contributed by atoms with Crippen LogP contribution in [-0.2, 0) is 11.3 Å². The summed E-state index contributed by atoms with van der Waals surface area (Å²) in [5.41, 5.74) is 6.03. The first-order valence-corrected chi connectivity index (χ1v) is 6.43. The van der Waals surface area contributed by atoms with E-state index in [9.17, 15) is 4.79 Å². The molecule has 1 atom stereocenters. The fourth-order valence-electron chi connectivity index (χ4n) is 2.17. The third-order valence-corrected chi connectivity index (χ3v) is 3.22. The molecule has 0 radical (unpaired) electrons. The average molecular weight is 289 g/mol. The number of hydrogen-bond acceptors (Lipinski definition) is 4. The lowest BCUT2D eigenvalue weighted by atomic mass is 10.2. The first-order chi connectivity index (χ1) is 8.74. The summed E-state index contributed by atoms with van der Waals surface area (Å²) in [6.45, 7) is 4.40. The Morgan fingerprint density at radius 2 is 2.37 bits per heavy atom. The van der Waals surface area contributed by atoms with Gasteiger partial charge >= 0.3 is 0 Å². The molecule has 0 aliphatic carbocycles. The highest BCUT2D eigenvalue weighted by atomic mass is 35.5. The lowest BCUT2D eigenvalue weighted by Crippen LogP contribution is -2.37. The second-order valence-electron chi connectivity index (χ2n) is 4.48. The number of ether oxygens (including phenoxy) is 1. The maximum Gasteiger partial charge on any atom is 0.257 e. The molecule has 1 saturated heterocycles. The summed E-state index contributed by atoms with van der Waals surface area (Å²) in [6.07, 6.45) is 3.76. The molecule has 1 unspecified atom stereocenters. The van der Waals surface area contributed by atoms with Crippen molar-refractivity contribution in [1.82, 2.24) is 4.90 Å². The van der Waals surface area contributed by atoms with Crippen molar-refractivity contribution in [2.45, 2.75) is 32.4 Å². The van der Waals surface area contributed by atoms with E-state index in [1.165, 1.54) is 6.26 Å². The summed E-state index contributed by atoms with van der Waals surface area (Å²) in [5.74, 6) is 0.614. The van der Waals surface area contributed by atoms with E-state index < -0.39 is 0 Å². The molecule has 108 valence electrons. The second kappa shape index (κ2) is 7.53. The SMILES string of the molecule is CCN(CC1CCCO1)C(=O)c1coc(CN)c1.Cl. The minimum atomic E-state index is -0.0172. The molecule has 0 bridgehead atoms. The maximum atomic E-state index is 12.3. The molecule has 1 aromatic rings.